The van der Waals surface area contributed by atoms with Gasteiger partial charge in [0, 0.05) is 12.7 Å². The van der Waals surface area contributed by atoms with E-state index in [0.29, 0.717) is 6.61 Å². The molecule has 2 N–H and O–H groups in total. The maximum Gasteiger partial charge on any atom is 0.414 e. The van der Waals surface area contributed by atoms with E-state index in [0.717, 1.165) is 12.3 Å². The Bertz CT molecular complexity index is 355. The van der Waals surface area contributed by atoms with Crippen LogP contribution in [0.1, 0.15) is 0 Å². The lowest BCUT2D eigenvalue weighted by Crippen LogP contribution is -2.19. The molecule has 0 saturated carbocycles. The maximum atomic E-state index is 9.10. The standard InChI is InChI=1S/C9H14N2O.C2H2O4/c1-11(2)6-7-12-9-4-3-5-10-8-9;3-1(4)2(5)6/h3-5,8H,6-7H2,1-2H3;(H,3,4)(H,5,6). The second kappa shape index (κ2) is 8.94. The van der Waals surface area contributed by atoms with Crippen molar-refractivity contribution in [2.24, 2.45) is 0 Å². The Balaban J connectivity index is 0.000000411. The van der Waals surface area contributed by atoms with Crippen molar-refractivity contribution in [2.45, 2.75) is 0 Å². The number of ether oxygens (including phenoxy) is 1. The summed E-state index contributed by atoms with van der Waals surface area (Å²) in [4.78, 5) is 24.2. The molecule has 0 atom stereocenters. The van der Waals surface area contributed by atoms with Gasteiger partial charge in [-0.1, -0.05) is 0 Å². The molecule has 0 aliphatic rings. The van der Waals surface area contributed by atoms with Gasteiger partial charge in [-0.25, -0.2) is 9.59 Å². The molecule has 1 aromatic rings. The quantitative estimate of drug-likeness (QED) is 0.741. The summed E-state index contributed by atoms with van der Waals surface area (Å²) in [5, 5.41) is 14.8. The zero-order valence-corrected chi connectivity index (χ0v) is 10.2. The van der Waals surface area contributed by atoms with Gasteiger partial charge in [0.05, 0.1) is 6.20 Å². The summed E-state index contributed by atoms with van der Waals surface area (Å²) in [7, 11) is 4.04. The fourth-order valence-electron chi connectivity index (χ4n) is 0.779. The third-order valence-corrected chi connectivity index (χ3v) is 1.62. The van der Waals surface area contributed by atoms with Crippen molar-refractivity contribution in [3.05, 3.63) is 24.5 Å². The minimum absolute atomic E-state index is 0.707. The van der Waals surface area contributed by atoms with Crippen molar-refractivity contribution in [3.63, 3.8) is 0 Å². The van der Waals surface area contributed by atoms with Gasteiger partial charge in [0.15, 0.2) is 0 Å². The van der Waals surface area contributed by atoms with Crippen LogP contribution in [0, 0.1) is 0 Å². The van der Waals surface area contributed by atoms with Crippen molar-refractivity contribution in [3.8, 4) is 5.75 Å². The number of carboxylic acid groups (broad SMARTS) is 2. The lowest BCUT2D eigenvalue weighted by atomic mass is 10.5. The smallest absolute Gasteiger partial charge is 0.414 e. The van der Waals surface area contributed by atoms with Crippen LogP contribution in [0.2, 0.25) is 0 Å². The molecule has 0 unspecified atom stereocenters. The zero-order valence-electron chi connectivity index (χ0n) is 10.2. The third-order valence-electron chi connectivity index (χ3n) is 1.62. The maximum absolute atomic E-state index is 9.10. The number of hydrogen-bond acceptors (Lipinski definition) is 5. The molecule has 1 heterocycles. The van der Waals surface area contributed by atoms with Crippen LogP contribution in [0.25, 0.3) is 0 Å². The van der Waals surface area contributed by atoms with Gasteiger partial charge in [0.2, 0.25) is 0 Å². The lowest BCUT2D eigenvalue weighted by Gasteiger charge is -2.10. The van der Waals surface area contributed by atoms with Crippen molar-refractivity contribution in [1.29, 1.82) is 0 Å². The Hall–Kier alpha value is -2.15. The third kappa shape index (κ3) is 9.10. The van der Waals surface area contributed by atoms with Crippen LogP contribution in [0.15, 0.2) is 24.5 Å². The number of aromatic nitrogens is 1. The molecule has 1 rings (SSSR count). The molecule has 0 aromatic carbocycles. The summed E-state index contributed by atoms with van der Waals surface area (Å²) < 4.78 is 5.41. The molecule has 0 spiro atoms. The highest BCUT2D eigenvalue weighted by Gasteiger charge is 2.04. The lowest BCUT2D eigenvalue weighted by molar-refractivity contribution is -0.159. The summed E-state index contributed by atoms with van der Waals surface area (Å²) in [6.45, 7) is 1.63. The Morgan fingerprint density at radius 3 is 2.33 bits per heavy atom. The first-order valence-electron chi connectivity index (χ1n) is 5.07. The van der Waals surface area contributed by atoms with Gasteiger partial charge in [-0.15, -0.1) is 0 Å². The van der Waals surface area contributed by atoms with Crippen LogP contribution in [0.4, 0.5) is 0 Å². The Morgan fingerprint density at radius 2 is 1.94 bits per heavy atom. The fraction of sp³-hybridized carbons (Fsp3) is 0.364. The molecule has 7 heteroatoms. The first-order chi connectivity index (χ1) is 8.43. The summed E-state index contributed by atoms with van der Waals surface area (Å²) >= 11 is 0. The van der Waals surface area contributed by atoms with Gasteiger partial charge in [-0.3, -0.25) is 4.98 Å². The second-order valence-corrected chi connectivity index (χ2v) is 3.45. The van der Waals surface area contributed by atoms with Gasteiger partial charge in [-0.2, -0.15) is 0 Å². The molecule has 7 nitrogen and oxygen atoms in total. The summed E-state index contributed by atoms with van der Waals surface area (Å²) in [5.74, 6) is -2.82. The monoisotopic (exact) mass is 256 g/mol. The molecule has 0 saturated heterocycles. The van der Waals surface area contributed by atoms with Crippen LogP contribution >= 0.6 is 0 Å². The molecule has 100 valence electrons. The van der Waals surface area contributed by atoms with E-state index in [4.69, 9.17) is 24.5 Å². The fourth-order valence-corrected chi connectivity index (χ4v) is 0.779. The first-order valence-corrected chi connectivity index (χ1v) is 5.07. The number of carboxylic acids is 2. The van der Waals surface area contributed by atoms with Crippen molar-refractivity contribution in [1.82, 2.24) is 9.88 Å². The van der Waals surface area contributed by atoms with Gasteiger partial charge < -0.3 is 19.8 Å². The van der Waals surface area contributed by atoms with E-state index in [1.807, 2.05) is 26.2 Å². The summed E-state index contributed by atoms with van der Waals surface area (Å²) in [6, 6.07) is 3.77. The van der Waals surface area contributed by atoms with Gasteiger partial charge in [0.25, 0.3) is 0 Å². The van der Waals surface area contributed by atoms with Gasteiger partial charge in [-0.05, 0) is 26.2 Å². The summed E-state index contributed by atoms with van der Waals surface area (Å²) in [5.41, 5.74) is 0. The van der Waals surface area contributed by atoms with Crippen molar-refractivity contribution >= 4 is 11.9 Å². The highest BCUT2D eigenvalue weighted by molar-refractivity contribution is 6.27. The van der Waals surface area contributed by atoms with Crippen LogP contribution in [0.5, 0.6) is 5.75 Å². The van der Waals surface area contributed by atoms with E-state index in [9.17, 15) is 0 Å². The largest absolute Gasteiger partial charge is 0.491 e. The number of rotatable bonds is 4. The highest BCUT2D eigenvalue weighted by Crippen LogP contribution is 2.05. The van der Waals surface area contributed by atoms with Gasteiger partial charge >= 0.3 is 11.9 Å². The number of aliphatic carboxylic acids is 2. The average Bonchev–Trinajstić information content (AvgIpc) is 2.30. The van der Waals surface area contributed by atoms with Crippen molar-refractivity contribution in [2.75, 3.05) is 27.2 Å². The first kappa shape index (κ1) is 15.9. The summed E-state index contributed by atoms with van der Waals surface area (Å²) in [6.07, 6.45) is 3.45. The number of pyridine rings is 1. The number of nitrogens with zero attached hydrogens (tertiary/aromatic N) is 2. The molecule has 0 bridgehead atoms. The number of hydrogen-bond donors (Lipinski definition) is 2. The molecule has 1 aromatic heterocycles. The van der Waals surface area contributed by atoms with E-state index in [2.05, 4.69) is 9.88 Å². The Kier molecular flexibility index (Phi) is 7.87. The molecular weight excluding hydrogens is 240 g/mol. The van der Waals surface area contributed by atoms with Crippen LogP contribution in [0.3, 0.4) is 0 Å². The van der Waals surface area contributed by atoms with Crippen LogP contribution < -0.4 is 4.74 Å². The van der Waals surface area contributed by atoms with E-state index < -0.39 is 11.9 Å². The topological polar surface area (TPSA) is 100.0 Å². The molecule has 0 aliphatic heterocycles. The van der Waals surface area contributed by atoms with E-state index in [1.54, 1.807) is 12.4 Å². The Morgan fingerprint density at radius 1 is 1.33 bits per heavy atom. The predicted molar refractivity (Wildman–Crippen MR) is 63.6 cm³/mol. The van der Waals surface area contributed by atoms with E-state index in [1.165, 1.54) is 0 Å². The molecular formula is C11H16N2O5. The van der Waals surface area contributed by atoms with Crippen LogP contribution in [-0.2, 0) is 9.59 Å². The second-order valence-electron chi connectivity index (χ2n) is 3.45. The number of carbonyl (C=O) groups is 2. The highest BCUT2D eigenvalue weighted by atomic mass is 16.5. The molecule has 0 aliphatic carbocycles. The minimum Gasteiger partial charge on any atom is -0.491 e. The van der Waals surface area contributed by atoms with E-state index in [-0.39, 0.29) is 0 Å². The zero-order chi connectivity index (χ0) is 14.0. The van der Waals surface area contributed by atoms with Crippen LogP contribution in [-0.4, -0.2) is 59.3 Å². The minimum atomic E-state index is -1.82. The molecule has 18 heavy (non-hydrogen) atoms. The predicted octanol–water partition coefficient (Wildman–Crippen LogP) is 0.178. The van der Waals surface area contributed by atoms with Gasteiger partial charge in [0.1, 0.15) is 12.4 Å². The average molecular weight is 256 g/mol. The molecule has 0 fully saturated rings. The normalized spacial score (nSPS) is 9.28. The van der Waals surface area contributed by atoms with E-state index >= 15 is 0 Å². The number of likely N-dealkylation sites (N-methyl/N-ethyl adjacent to an activating group) is 1. The molecule has 0 radical (unpaired) electrons. The SMILES string of the molecule is CN(C)CCOc1cccnc1.O=C(O)C(=O)O. The Labute approximate surface area is 105 Å². The van der Waals surface area contributed by atoms with Crippen molar-refractivity contribution < 1.29 is 24.5 Å². The molecule has 0 amide bonds.